The number of hydrogen-bond donors (Lipinski definition) is 4. The van der Waals surface area contributed by atoms with Crippen molar-refractivity contribution < 1.29 is 4.79 Å². The normalized spacial score (nSPS) is 22.1. The van der Waals surface area contributed by atoms with E-state index in [0.29, 0.717) is 23.4 Å². The molecule has 1 amide bonds. The van der Waals surface area contributed by atoms with E-state index in [0.717, 1.165) is 31.2 Å². The first kappa shape index (κ1) is 15.8. The Kier molecular flexibility index (Phi) is 4.01. The molecule has 2 atom stereocenters. The molecule has 2 aliphatic rings. The van der Waals surface area contributed by atoms with E-state index in [9.17, 15) is 4.79 Å². The molecule has 4 rings (SSSR count). The minimum atomic E-state index is -0.530. The van der Waals surface area contributed by atoms with E-state index >= 15 is 0 Å². The molecule has 6 N–H and O–H groups in total. The van der Waals surface area contributed by atoms with Gasteiger partial charge >= 0.3 is 0 Å². The summed E-state index contributed by atoms with van der Waals surface area (Å²) in [6.07, 6.45) is 5.51. The van der Waals surface area contributed by atoms with E-state index < -0.39 is 5.91 Å². The van der Waals surface area contributed by atoms with Gasteiger partial charge in [0.1, 0.15) is 5.82 Å². The number of rotatable bonds is 5. The number of nitrogens with zero attached hydrogens (tertiary/aromatic N) is 2. The van der Waals surface area contributed by atoms with Crippen LogP contribution in [0, 0.1) is 0 Å². The van der Waals surface area contributed by atoms with Gasteiger partial charge in [-0.15, -0.1) is 0 Å². The number of anilines is 2. The van der Waals surface area contributed by atoms with Gasteiger partial charge in [0.25, 0.3) is 5.91 Å². The summed E-state index contributed by atoms with van der Waals surface area (Å²) >= 11 is 0. The summed E-state index contributed by atoms with van der Waals surface area (Å²) in [5, 5.41) is 6.58. The number of nitrogens with two attached hydrogens (primary N) is 2. The molecule has 7 nitrogen and oxygen atoms in total. The molecule has 0 saturated heterocycles. The Balaban J connectivity index is 1.55. The number of carbonyl (C=O) groups is 1. The number of primary amides is 1. The van der Waals surface area contributed by atoms with Gasteiger partial charge in [0.2, 0.25) is 5.95 Å². The van der Waals surface area contributed by atoms with E-state index in [-0.39, 0.29) is 12.1 Å². The number of amides is 1. The van der Waals surface area contributed by atoms with Crippen molar-refractivity contribution in [1.82, 2.24) is 9.97 Å². The molecule has 130 valence electrons. The second-order valence-electron chi connectivity index (χ2n) is 6.75. The highest BCUT2D eigenvalue weighted by molar-refractivity contribution is 5.97. The number of aryl methyl sites for hydroxylation is 1. The van der Waals surface area contributed by atoms with Crippen LogP contribution in [0.1, 0.15) is 46.8 Å². The van der Waals surface area contributed by atoms with Crippen LogP contribution >= 0.6 is 0 Å². The van der Waals surface area contributed by atoms with Crippen molar-refractivity contribution in [2.75, 3.05) is 10.6 Å². The van der Waals surface area contributed by atoms with Crippen molar-refractivity contribution >= 4 is 17.7 Å². The maximum atomic E-state index is 11.6. The summed E-state index contributed by atoms with van der Waals surface area (Å²) in [4.78, 5) is 20.3. The predicted octanol–water partition coefficient (Wildman–Crippen LogP) is 1.58. The fourth-order valence-corrected chi connectivity index (χ4v) is 3.28. The first-order valence-electron chi connectivity index (χ1n) is 8.65. The number of carbonyl (C=O) groups excluding carboxylic acids is 1. The third kappa shape index (κ3) is 3.28. The molecule has 0 bridgehead atoms. The summed E-state index contributed by atoms with van der Waals surface area (Å²) in [7, 11) is 0. The molecule has 0 radical (unpaired) electrons. The van der Waals surface area contributed by atoms with Crippen LogP contribution in [0.4, 0.5) is 11.8 Å². The van der Waals surface area contributed by atoms with Crippen LogP contribution in [-0.4, -0.2) is 28.0 Å². The number of benzene rings is 1. The largest absolute Gasteiger partial charge is 0.367 e. The average molecular weight is 338 g/mol. The van der Waals surface area contributed by atoms with E-state index in [1.807, 2.05) is 12.1 Å². The van der Waals surface area contributed by atoms with Crippen LogP contribution in [0.3, 0.4) is 0 Å². The first-order chi connectivity index (χ1) is 12.1. The summed E-state index contributed by atoms with van der Waals surface area (Å²) < 4.78 is 0. The third-order valence-electron chi connectivity index (χ3n) is 4.86. The lowest BCUT2D eigenvalue weighted by Crippen LogP contribution is -2.37. The Labute approximate surface area is 146 Å². The van der Waals surface area contributed by atoms with E-state index in [4.69, 9.17) is 11.5 Å². The van der Waals surface area contributed by atoms with Gasteiger partial charge in [-0.05, 0) is 36.8 Å². The highest BCUT2D eigenvalue weighted by atomic mass is 16.1. The molecule has 1 heterocycles. The molecule has 0 spiro atoms. The van der Waals surface area contributed by atoms with E-state index in [2.05, 4.69) is 32.7 Å². The van der Waals surface area contributed by atoms with Gasteiger partial charge < -0.3 is 22.1 Å². The van der Waals surface area contributed by atoms with Crippen LogP contribution in [0.15, 0.2) is 30.5 Å². The monoisotopic (exact) mass is 338 g/mol. The lowest BCUT2D eigenvalue weighted by molar-refractivity contribution is 0.100. The zero-order valence-electron chi connectivity index (χ0n) is 13.9. The van der Waals surface area contributed by atoms with Gasteiger partial charge in [-0.3, -0.25) is 4.79 Å². The molecular weight excluding hydrogens is 316 g/mol. The van der Waals surface area contributed by atoms with Gasteiger partial charge in [-0.2, -0.15) is 4.98 Å². The number of hydrogen-bond acceptors (Lipinski definition) is 6. The van der Waals surface area contributed by atoms with Crippen LogP contribution in [-0.2, 0) is 6.42 Å². The predicted molar refractivity (Wildman–Crippen MR) is 96.3 cm³/mol. The lowest BCUT2D eigenvalue weighted by Gasteiger charge is -2.31. The van der Waals surface area contributed by atoms with Crippen LogP contribution in [0.25, 0.3) is 0 Å². The molecule has 7 heteroatoms. The molecule has 2 aliphatic carbocycles. The van der Waals surface area contributed by atoms with Crippen molar-refractivity contribution in [3.8, 4) is 0 Å². The Morgan fingerprint density at radius 1 is 1.16 bits per heavy atom. The zero-order chi connectivity index (χ0) is 17.4. The second-order valence-corrected chi connectivity index (χ2v) is 6.75. The van der Waals surface area contributed by atoms with Gasteiger partial charge in [0.15, 0.2) is 0 Å². The minimum absolute atomic E-state index is 0.0445. The summed E-state index contributed by atoms with van der Waals surface area (Å²) in [5.74, 6) is 0.434. The van der Waals surface area contributed by atoms with Crippen LogP contribution in [0.2, 0.25) is 0 Å². The molecule has 1 aromatic carbocycles. The Bertz CT molecular complexity index is 804. The van der Waals surface area contributed by atoms with Gasteiger partial charge in [-0.25, -0.2) is 4.98 Å². The third-order valence-corrected chi connectivity index (χ3v) is 4.86. The summed E-state index contributed by atoms with van der Waals surface area (Å²) in [5.41, 5.74) is 14.6. The van der Waals surface area contributed by atoms with E-state index in [1.54, 1.807) is 0 Å². The highest BCUT2D eigenvalue weighted by Crippen LogP contribution is 2.30. The molecule has 0 aliphatic heterocycles. The SMILES string of the molecule is NC(=O)c1cnc(N[C@@H]2CCc3ccccc3[C@H]2N)nc1NC1CC1. The molecule has 1 saturated carbocycles. The Morgan fingerprint density at radius 3 is 2.72 bits per heavy atom. The average Bonchev–Trinajstić information content (AvgIpc) is 3.42. The molecular formula is C18H22N6O. The molecule has 1 fully saturated rings. The Hall–Kier alpha value is -2.67. The summed E-state index contributed by atoms with van der Waals surface area (Å²) in [6.45, 7) is 0. The number of aromatic nitrogens is 2. The second kappa shape index (κ2) is 6.33. The quantitative estimate of drug-likeness (QED) is 0.657. The summed E-state index contributed by atoms with van der Waals surface area (Å²) in [6, 6.07) is 8.54. The van der Waals surface area contributed by atoms with Crippen molar-refractivity contribution in [2.45, 2.75) is 43.8 Å². The van der Waals surface area contributed by atoms with Gasteiger partial charge in [-0.1, -0.05) is 24.3 Å². The zero-order valence-corrected chi connectivity index (χ0v) is 13.9. The lowest BCUT2D eigenvalue weighted by atomic mass is 9.84. The molecule has 25 heavy (non-hydrogen) atoms. The Morgan fingerprint density at radius 2 is 1.96 bits per heavy atom. The molecule has 0 unspecified atom stereocenters. The number of fused-ring (bicyclic) bond motifs is 1. The minimum Gasteiger partial charge on any atom is -0.367 e. The standard InChI is InChI=1S/C18H22N6O/c19-15-12-4-2-1-3-10(12)5-8-14(15)23-18-21-9-13(16(20)25)17(24-18)22-11-6-7-11/h1-4,9,11,14-15H,5-8,19H2,(H2,20,25)(H2,21,22,23,24)/t14-,15-/m1/s1. The van der Waals surface area contributed by atoms with Crippen LogP contribution in [0.5, 0.6) is 0 Å². The fourth-order valence-electron chi connectivity index (χ4n) is 3.28. The van der Waals surface area contributed by atoms with Crippen molar-refractivity contribution in [3.05, 3.63) is 47.2 Å². The molecule has 2 aromatic rings. The topological polar surface area (TPSA) is 119 Å². The highest BCUT2D eigenvalue weighted by Gasteiger charge is 2.28. The smallest absolute Gasteiger partial charge is 0.254 e. The van der Waals surface area contributed by atoms with Crippen molar-refractivity contribution in [3.63, 3.8) is 0 Å². The maximum absolute atomic E-state index is 11.6. The van der Waals surface area contributed by atoms with Crippen molar-refractivity contribution in [1.29, 1.82) is 0 Å². The first-order valence-corrected chi connectivity index (χ1v) is 8.65. The van der Waals surface area contributed by atoms with E-state index in [1.165, 1.54) is 11.8 Å². The molecule has 1 aromatic heterocycles. The number of nitrogens with one attached hydrogen (secondary N) is 2. The fraction of sp³-hybridized carbons (Fsp3) is 0.389. The van der Waals surface area contributed by atoms with Crippen molar-refractivity contribution in [2.24, 2.45) is 11.5 Å². The van der Waals surface area contributed by atoms with Gasteiger partial charge in [0, 0.05) is 18.3 Å². The van der Waals surface area contributed by atoms with Gasteiger partial charge in [0.05, 0.1) is 11.6 Å². The van der Waals surface area contributed by atoms with Crippen LogP contribution < -0.4 is 22.1 Å². The maximum Gasteiger partial charge on any atom is 0.254 e.